The number of rotatable bonds is 4. The highest BCUT2D eigenvalue weighted by Gasteiger charge is 2.19. The largest absolute Gasteiger partial charge is 0.504 e. The van der Waals surface area contributed by atoms with Crippen LogP contribution in [0, 0.1) is 10.1 Å². The maximum atomic E-state index is 12.2. The van der Waals surface area contributed by atoms with Crippen LogP contribution in [0.4, 0.5) is 11.5 Å². The molecule has 1 heterocycles. The number of carbonyl (C=O) groups is 2. The van der Waals surface area contributed by atoms with Gasteiger partial charge in [0.15, 0.2) is 11.6 Å². The molecule has 0 spiro atoms. The molecule has 2 aromatic rings. The van der Waals surface area contributed by atoms with Gasteiger partial charge in [0.05, 0.1) is 17.6 Å². The predicted octanol–water partition coefficient (Wildman–Crippen LogP) is 2.76. The SMILES string of the molecule is CC.COC(=O)c1cc(C(=O)Nc2ncccc2O)cc([N+](=O)[O-])c1. The molecule has 25 heavy (non-hydrogen) atoms. The van der Waals surface area contributed by atoms with Crippen LogP contribution in [0.15, 0.2) is 36.5 Å². The number of methoxy groups -OCH3 is 1. The van der Waals surface area contributed by atoms with Crippen LogP contribution >= 0.6 is 0 Å². The Morgan fingerprint density at radius 3 is 2.44 bits per heavy atom. The summed E-state index contributed by atoms with van der Waals surface area (Å²) < 4.78 is 4.50. The third-order valence-corrected chi connectivity index (χ3v) is 2.83. The van der Waals surface area contributed by atoms with Gasteiger partial charge in [0, 0.05) is 23.9 Å². The zero-order valence-electron chi connectivity index (χ0n) is 13.8. The summed E-state index contributed by atoms with van der Waals surface area (Å²) in [6, 6.07) is 5.93. The maximum absolute atomic E-state index is 12.2. The number of ether oxygens (including phenoxy) is 1. The van der Waals surface area contributed by atoms with E-state index < -0.39 is 22.5 Å². The first-order valence-electron chi connectivity index (χ1n) is 7.25. The molecule has 0 saturated carbocycles. The molecule has 1 amide bonds. The molecule has 0 atom stereocenters. The standard InChI is InChI=1S/C14H11N3O6.C2H6/c1-23-14(20)9-5-8(6-10(7-9)17(21)22)13(19)16-12-11(18)3-2-4-15-12;1-2/h2-7,18H,1H3,(H,15,16,19);1-2H3. The van der Waals surface area contributed by atoms with Crippen molar-refractivity contribution in [3.63, 3.8) is 0 Å². The number of aromatic nitrogens is 1. The van der Waals surface area contributed by atoms with E-state index in [0.717, 1.165) is 25.3 Å². The van der Waals surface area contributed by atoms with Crippen LogP contribution in [-0.2, 0) is 4.74 Å². The van der Waals surface area contributed by atoms with E-state index in [1.165, 1.54) is 18.3 Å². The second-order valence-electron chi connectivity index (χ2n) is 4.34. The Labute approximate surface area is 143 Å². The Balaban J connectivity index is 0.00000151. The van der Waals surface area contributed by atoms with Gasteiger partial charge in [0.25, 0.3) is 11.6 Å². The number of hydrogen-bond donors (Lipinski definition) is 2. The second kappa shape index (κ2) is 8.96. The highest BCUT2D eigenvalue weighted by Crippen LogP contribution is 2.22. The number of esters is 1. The molecule has 0 aliphatic heterocycles. The number of nitro benzene ring substituents is 1. The molecule has 2 N–H and O–H groups in total. The smallest absolute Gasteiger partial charge is 0.338 e. The van der Waals surface area contributed by atoms with Gasteiger partial charge in [0.2, 0.25) is 0 Å². The second-order valence-corrected chi connectivity index (χ2v) is 4.34. The van der Waals surface area contributed by atoms with Crippen molar-refractivity contribution in [3.8, 4) is 5.75 Å². The van der Waals surface area contributed by atoms with Crippen molar-refractivity contribution in [1.82, 2.24) is 4.98 Å². The quantitative estimate of drug-likeness (QED) is 0.493. The minimum absolute atomic E-state index is 0.108. The summed E-state index contributed by atoms with van der Waals surface area (Å²) >= 11 is 0. The Morgan fingerprint density at radius 2 is 1.88 bits per heavy atom. The molecule has 0 unspecified atom stereocenters. The van der Waals surface area contributed by atoms with Crippen LogP contribution in [0.1, 0.15) is 34.6 Å². The first-order chi connectivity index (χ1) is 11.9. The van der Waals surface area contributed by atoms with E-state index in [0.29, 0.717) is 0 Å². The third kappa shape index (κ3) is 4.99. The number of benzene rings is 1. The van der Waals surface area contributed by atoms with Gasteiger partial charge in [-0.3, -0.25) is 14.9 Å². The Bertz CT molecular complexity index is 791. The van der Waals surface area contributed by atoms with Crippen LogP contribution in [0.2, 0.25) is 0 Å². The van der Waals surface area contributed by atoms with Crippen molar-refractivity contribution in [2.45, 2.75) is 13.8 Å². The summed E-state index contributed by atoms with van der Waals surface area (Å²) in [7, 11) is 1.12. The van der Waals surface area contributed by atoms with Gasteiger partial charge in [-0.15, -0.1) is 0 Å². The summed E-state index contributed by atoms with van der Waals surface area (Å²) in [5, 5.41) is 22.8. The average Bonchev–Trinajstić information content (AvgIpc) is 2.64. The molecular weight excluding hydrogens is 330 g/mol. The van der Waals surface area contributed by atoms with E-state index in [1.807, 2.05) is 13.8 Å². The molecule has 132 valence electrons. The molecular formula is C16H17N3O6. The van der Waals surface area contributed by atoms with E-state index in [4.69, 9.17) is 0 Å². The lowest BCUT2D eigenvalue weighted by atomic mass is 10.1. The number of non-ortho nitro benzene ring substituents is 1. The molecule has 9 heteroatoms. The molecule has 0 aliphatic carbocycles. The molecule has 2 rings (SSSR count). The molecule has 0 radical (unpaired) electrons. The topological polar surface area (TPSA) is 132 Å². The average molecular weight is 347 g/mol. The van der Waals surface area contributed by atoms with Crippen LogP contribution < -0.4 is 5.32 Å². The number of nitrogens with one attached hydrogen (secondary N) is 1. The Kier molecular flexibility index (Phi) is 7.01. The predicted molar refractivity (Wildman–Crippen MR) is 89.6 cm³/mol. The molecule has 0 fully saturated rings. The van der Waals surface area contributed by atoms with E-state index >= 15 is 0 Å². The zero-order valence-corrected chi connectivity index (χ0v) is 13.8. The lowest BCUT2D eigenvalue weighted by Crippen LogP contribution is -2.14. The first kappa shape index (κ1) is 19.6. The fourth-order valence-corrected chi connectivity index (χ4v) is 1.76. The van der Waals surface area contributed by atoms with E-state index in [-0.39, 0.29) is 22.7 Å². The van der Waals surface area contributed by atoms with Crippen molar-refractivity contribution in [1.29, 1.82) is 0 Å². The number of pyridine rings is 1. The van der Waals surface area contributed by atoms with Gasteiger partial charge in [-0.1, -0.05) is 13.8 Å². The molecule has 0 aliphatic rings. The molecule has 9 nitrogen and oxygen atoms in total. The highest BCUT2D eigenvalue weighted by atomic mass is 16.6. The lowest BCUT2D eigenvalue weighted by Gasteiger charge is -2.07. The normalized spacial score (nSPS) is 9.40. The summed E-state index contributed by atoms with van der Waals surface area (Å²) in [5.41, 5.74) is -0.731. The molecule has 0 saturated heterocycles. The van der Waals surface area contributed by atoms with Crippen LogP contribution in [0.5, 0.6) is 5.75 Å². The van der Waals surface area contributed by atoms with Gasteiger partial charge in [-0.05, 0) is 18.2 Å². The number of aromatic hydroxyl groups is 1. The molecule has 0 bridgehead atoms. The maximum Gasteiger partial charge on any atom is 0.338 e. The van der Waals surface area contributed by atoms with Crippen LogP contribution in [-0.4, -0.2) is 34.0 Å². The molecule has 1 aromatic heterocycles. The minimum atomic E-state index is -0.816. The number of nitrogens with zero attached hydrogens (tertiary/aromatic N) is 2. The summed E-state index contributed by atoms with van der Waals surface area (Å²) in [4.78, 5) is 37.7. The van der Waals surface area contributed by atoms with Crippen molar-refractivity contribution >= 4 is 23.4 Å². The fourth-order valence-electron chi connectivity index (χ4n) is 1.76. The van der Waals surface area contributed by atoms with Gasteiger partial charge in [0.1, 0.15) is 0 Å². The van der Waals surface area contributed by atoms with E-state index in [1.54, 1.807) is 0 Å². The van der Waals surface area contributed by atoms with Gasteiger partial charge >= 0.3 is 5.97 Å². The number of amides is 1. The third-order valence-electron chi connectivity index (χ3n) is 2.83. The first-order valence-corrected chi connectivity index (χ1v) is 7.25. The summed E-state index contributed by atoms with van der Waals surface area (Å²) in [6.07, 6.45) is 1.35. The van der Waals surface area contributed by atoms with Crippen molar-refractivity contribution in [2.75, 3.05) is 12.4 Å². The number of carbonyl (C=O) groups excluding carboxylic acids is 2. The fraction of sp³-hybridized carbons (Fsp3) is 0.188. The van der Waals surface area contributed by atoms with Crippen LogP contribution in [0.3, 0.4) is 0 Å². The minimum Gasteiger partial charge on any atom is -0.504 e. The molecule has 1 aromatic carbocycles. The van der Waals surface area contributed by atoms with Crippen molar-refractivity contribution < 1.29 is 24.4 Å². The number of hydrogen-bond acceptors (Lipinski definition) is 7. The number of anilines is 1. The van der Waals surface area contributed by atoms with Crippen LogP contribution in [0.25, 0.3) is 0 Å². The highest BCUT2D eigenvalue weighted by molar-refractivity contribution is 6.06. The van der Waals surface area contributed by atoms with Gasteiger partial charge in [-0.25, -0.2) is 9.78 Å². The van der Waals surface area contributed by atoms with E-state index in [2.05, 4.69) is 15.0 Å². The Hall–Kier alpha value is -3.49. The Morgan fingerprint density at radius 1 is 1.24 bits per heavy atom. The van der Waals surface area contributed by atoms with Crippen molar-refractivity contribution in [3.05, 3.63) is 57.8 Å². The van der Waals surface area contributed by atoms with Gasteiger partial charge < -0.3 is 15.2 Å². The van der Waals surface area contributed by atoms with E-state index in [9.17, 15) is 24.8 Å². The summed E-state index contributed by atoms with van der Waals surface area (Å²) in [6.45, 7) is 4.00. The number of nitro groups is 1. The lowest BCUT2D eigenvalue weighted by molar-refractivity contribution is -0.384. The summed E-state index contributed by atoms with van der Waals surface area (Å²) in [5.74, 6) is -1.96. The van der Waals surface area contributed by atoms with Crippen molar-refractivity contribution in [2.24, 2.45) is 0 Å². The zero-order chi connectivity index (χ0) is 19.0. The monoisotopic (exact) mass is 347 g/mol. The van der Waals surface area contributed by atoms with Gasteiger partial charge in [-0.2, -0.15) is 0 Å².